The molecule has 9 nitrogen and oxygen atoms in total. The van der Waals surface area contributed by atoms with E-state index in [1.54, 1.807) is 26.6 Å². The molecule has 0 unspecified atom stereocenters. The molecular weight excluding hydrogens is 545 g/mol. The summed E-state index contributed by atoms with van der Waals surface area (Å²) >= 11 is 6.39. The number of benzene rings is 2. The van der Waals surface area contributed by atoms with Crippen molar-refractivity contribution in [2.24, 2.45) is 0 Å². The van der Waals surface area contributed by atoms with Gasteiger partial charge in [-0.05, 0) is 69.6 Å². The summed E-state index contributed by atoms with van der Waals surface area (Å²) in [6, 6.07) is 14.4. The summed E-state index contributed by atoms with van der Waals surface area (Å²) in [5, 5.41) is 7.73. The number of piperidine rings is 1. The van der Waals surface area contributed by atoms with Crippen LogP contribution < -0.4 is 25.6 Å². The van der Waals surface area contributed by atoms with Gasteiger partial charge < -0.3 is 29.7 Å². The van der Waals surface area contributed by atoms with Crippen molar-refractivity contribution >= 4 is 52.9 Å². The number of rotatable bonds is 8. The molecule has 0 bridgehead atoms. The Kier molecular flexibility index (Phi) is 8.86. The molecular formula is C29H39ClN7O2P. The van der Waals surface area contributed by atoms with Gasteiger partial charge in [0, 0.05) is 68.1 Å². The van der Waals surface area contributed by atoms with E-state index < -0.39 is 7.14 Å². The van der Waals surface area contributed by atoms with Gasteiger partial charge in [-0.25, -0.2) is 4.98 Å². The van der Waals surface area contributed by atoms with Gasteiger partial charge in [-0.3, -0.25) is 4.90 Å². The van der Waals surface area contributed by atoms with Crippen LogP contribution in [0.3, 0.4) is 0 Å². The number of piperazine rings is 1. The Hall–Kier alpha value is -2.84. The predicted octanol–water partition coefficient (Wildman–Crippen LogP) is 5.09. The maximum Gasteiger partial charge on any atom is 0.229 e. The number of nitrogens with zero attached hydrogens (tertiary/aromatic N) is 5. The first-order valence-corrected chi connectivity index (χ1v) is 16.8. The highest BCUT2D eigenvalue weighted by atomic mass is 35.5. The lowest BCUT2D eigenvalue weighted by Gasteiger charge is -2.42. The quantitative estimate of drug-likeness (QED) is 0.352. The highest BCUT2D eigenvalue weighted by Crippen LogP contribution is 2.36. The molecule has 2 aromatic carbocycles. The van der Waals surface area contributed by atoms with E-state index in [-0.39, 0.29) is 0 Å². The maximum atomic E-state index is 12.3. The number of aromatic nitrogens is 2. The highest BCUT2D eigenvalue weighted by molar-refractivity contribution is 7.70. The van der Waals surface area contributed by atoms with Crippen molar-refractivity contribution in [3.63, 3.8) is 0 Å². The van der Waals surface area contributed by atoms with E-state index in [1.807, 2.05) is 30.3 Å². The number of nitrogens with one attached hydrogen (secondary N) is 2. The predicted molar refractivity (Wildman–Crippen MR) is 166 cm³/mol. The van der Waals surface area contributed by atoms with Crippen LogP contribution in [0.25, 0.3) is 0 Å². The van der Waals surface area contributed by atoms with Gasteiger partial charge in [-0.15, -0.1) is 0 Å². The summed E-state index contributed by atoms with van der Waals surface area (Å²) in [5.74, 6) is 1.60. The molecule has 0 saturated carbocycles. The van der Waals surface area contributed by atoms with Crippen LogP contribution in [0.1, 0.15) is 12.8 Å². The lowest BCUT2D eigenvalue weighted by molar-refractivity contribution is 0.0982. The van der Waals surface area contributed by atoms with E-state index in [9.17, 15) is 4.57 Å². The van der Waals surface area contributed by atoms with Crippen LogP contribution in [0.5, 0.6) is 5.75 Å². The van der Waals surface area contributed by atoms with Crippen molar-refractivity contribution in [1.29, 1.82) is 0 Å². The first kappa shape index (κ1) is 28.7. The minimum Gasteiger partial charge on any atom is -0.494 e. The molecule has 3 aromatic rings. The molecule has 0 spiro atoms. The number of anilines is 5. The molecule has 11 heteroatoms. The average molecular weight is 584 g/mol. The summed E-state index contributed by atoms with van der Waals surface area (Å²) < 4.78 is 18.1. The fourth-order valence-corrected chi connectivity index (χ4v) is 6.34. The lowest BCUT2D eigenvalue weighted by Crippen LogP contribution is -2.52. The molecule has 2 N–H and O–H groups in total. The molecule has 0 aliphatic carbocycles. The molecule has 2 aliphatic rings. The fraction of sp³-hybridized carbons (Fsp3) is 0.448. The van der Waals surface area contributed by atoms with Crippen molar-refractivity contribution in [3.05, 3.63) is 53.7 Å². The number of ether oxygens (including phenoxy) is 1. The molecule has 2 aliphatic heterocycles. The minimum atomic E-state index is -2.32. The third-order valence-corrected chi connectivity index (χ3v) is 9.63. The minimum absolute atomic E-state index is 0.397. The van der Waals surface area contributed by atoms with Crippen molar-refractivity contribution in [1.82, 2.24) is 19.8 Å². The molecule has 2 saturated heterocycles. The van der Waals surface area contributed by atoms with Crippen LogP contribution in [0.2, 0.25) is 5.02 Å². The van der Waals surface area contributed by atoms with Crippen LogP contribution in [0.4, 0.5) is 28.8 Å². The van der Waals surface area contributed by atoms with Gasteiger partial charge in [-0.1, -0.05) is 11.6 Å². The Morgan fingerprint density at radius 2 is 1.68 bits per heavy atom. The number of methoxy groups -OCH3 is 1. The Morgan fingerprint density at radius 3 is 2.33 bits per heavy atom. The van der Waals surface area contributed by atoms with Gasteiger partial charge in [0.15, 0.2) is 5.82 Å². The van der Waals surface area contributed by atoms with Gasteiger partial charge in [-0.2, -0.15) is 4.98 Å². The summed E-state index contributed by atoms with van der Waals surface area (Å²) in [4.78, 5) is 16.5. The van der Waals surface area contributed by atoms with Gasteiger partial charge in [0.2, 0.25) is 5.95 Å². The second-order valence-corrected chi connectivity index (χ2v) is 14.6. The Morgan fingerprint density at radius 1 is 0.975 bits per heavy atom. The van der Waals surface area contributed by atoms with Gasteiger partial charge in [0.1, 0.15) is 17.9 Å². The van der Waals surface area contributed by atoms with Crippen LogP contribution in [0.15, 0.2) is 48.7 Å². The summed E-state index contributed by atoms with van der Waals surface area (Å²) in [6.07, 6.45) is 3.92. The summed E-state index contributed by atoms with van der Waals surface area (Å²) in [5.41, 5.74) is 2.73. The van der Waals surface area contributed by atoms with Crippen molar-refractivity contribution in [2.75, 3.05) is 82.3 Å². The Bertz CT molecular complexity index is 1350. The zero-order valence-corrected chi connectivity index (χ0v) is 25.4. The number of halogens is 1. The molecule has 5 rings (SSSR count). The molecule has 0 amide bonds. The van der Waals surface area contributed by atoms with Gasteiger partial charge in [0.05, 0.1) is 19.0 Å². The fourth-order valence-electron chi connectivity index (χ4n) is 5.33. The lowest BCUT2D eigenvalue weighted by atomic mass is 10.0. The molecule has 40 heavy (non-hydrogen) atoms. The summed E-state index contributed by atoms with van der Waals surface area (Å²) in [7, 11) is 1.57. The highest BCUT2D eigenvalue weighted by Gasteiger charge is 2.27. The summed E-state index contributed by atoms with van der Waals surface area (Å²) in [6.45, 7) is 10.3. The first-order valence-electron chi connectivity index (χ1n) is 13.8. The van der Waals surface area contributed by atoms with E-state index in [0.29, 0.717) is 22.8 Å². The zero-order chi connectivity index (χ0) is 28.3. The topological polar surface area (TPSA) is 85.9 Å². The average Bonchev–Trinajstić information content (AvgIpc) is 2.95. The van der Waals surface area contributed by atoms with E-state index in [1.165, 1.54) is 25.9 Å². The molecule has 3 heterocycles. The number of hydrogen-bond acceptors (Lipinski definition) is 9. The molecule has 1 aromatic heterocycles. The molecule has 214 valence electrons. The van der Waals surface area contributed by atoms with Crippen molar-refractivity contribution < 1.29 is 9.30 Å². The Labute approximate surface area is 242 Å². The monoisotopic (exact) mass is 583 g/mol. The maximum absolute atomic E-state index is 12.3. The largest absolute Gasteiger partial charge is 0.494 e. The zero-order valence-electron chi connectivity index (χ0n) is 23.7. The van der Waals surface area contributed by atoms with E-state index in [2.05, 4.69) is 54.5 Å². The van der Waals surface area contributed by atoms with Crippen molar-refractivity contribution in [3.8, 4) is 5.75 Å². The van der Waals surface area contributed by atoms with Crippen LogP contribution in [0, 0.1) is 0 Å². The van der Waals surface area contributed by atoms with E-state index >= 15 is 0 Å². The number of likely N-dealkylation sites (N-methyl/N-ethyl adjacent to an activating group) is 1. The molecule has 0 atom stereocenters. The Balaban J connectivity index is 1.24. The van der Waals surface area contributed by atoms with E-state index in [0.717, 1.165) is 54.3 Å². The smallest absolute Gasteiger partial charge is 0.229 e. The SMILES string of the molecule is COc1cc(N2CCC(N3CCN(C)CC3)CC2)ccc1Nc1ncc(Cl)c(Nc2ccc(P(C)(C)=O)cc2)n1. The van der Waals surface area contributed by atoms with Crippen LogP contribution in [-0.2, 0) is 4.57 Å². The normalized spacial score (nSPS) is 17.6. The van der Waals surface area contributed by atoms with E-state index in [4.69, 9.17) is 16.3 Å². The van der Waals surface area contributed by atoms with Crippen LogP contribution >= 0.6 is 18.7 Å². The van der Waals surface area contributed by atoms with Crippen LogP contribution in [-0.4, -0.2) is 92.6 Å². The third kappa shape index (κ3) is 6.89. The van der Waals surface area contributed by atoms with Crippen molar-refractivity contribution in [2.45, 2.75) is 18.9 Å². The molecule has 0 radical (unpaired) electrons. The second-order valence-electron chi connectivity index (χ2n) is 11.0. The first-order chi connectivity index (χ1) is 19.2. The van der Waals surface area contributed by atoms with Gasteiger partial charge >= 0.3 is 0 Å². The van der Waals surface area contributed by atoms with Gasteiger partial charge in [0.25, 0.3) is 0 Å². The standard InChI is InChI=1S/C29H39ClN7O2P/c1-35-15-17-37(18-16-35)22-11-13-36(14-12-22)23-7-10-26(27(19-23)39-2)33-29-31-20-25(30)28(34-29)32-21-5-8-24(9-6-21)40(3,4)38/h5-10,19-20,22H,11-18H2,1-4H3,(H2,31,32,33,34). The third-order valence-electron chi connectivity index (χ3n) is 7.81. The second kappa shape index (κ2) is 12.4. The molecule has 2 fully saturated rings. The number of hydrogen-bond donors (Lipinski definition) is 2.